The Morgan fingerprint density at radius 1 is 0.859 bits per heavy atom. The van der Waals surface area contributed by atoms with Crippen molar-refractivity contribution in [1.29, 1.82) is 0 Å². The summed E-state index contributed by atoms with van der Waals surface area (Å²) in [5, 5.41) is 38.4. The molecule has 3 aromatic carbocycles. The number of β-amino-alcohol motifs (C(OH)–C–C–N with tert-alkyl or cyclic N) is 1. The molecule has 3 amide bonds. The van der Waals surface area contributed by atoms with Crippen molar-refractivity contribution in [3.8, 4) is 27.4 Å². The number of phenolic OH excluding ortho intramolecular Hbond substituents is 1. The molecule has 5 fully saturated rings. The van der Waals surface area contributed by atoms with Gasteiger partial charge in [0, 0.05) is 59.4 Å². The summed E-state index contributed by atoms with van der Waals surface area (Å²) < 4.78 is 0. The minimum Gasteiger partial charge on any atom is -0.507 e. The van der Waals surface area contributed by atoms with Crippen LogP contribution in [0.15, 0.2) is 78.3 Å². The number of benzene rings is 3. The largest absolute Gasteiger partial charge is 0.507 e. The molecule has 3 saturated heterocycles. The van der Waals surface area contributed by atoms with Crippen LogP contribution in [0.1, 0.15) is 101 Å². The summed E-state index contributed by atoms with van der Waals surface area (Å²) in [6.45, 7) is 12.6. The number of carbonyl (C=O) groups excluding carboxylic acids is 3. The number of aliphatic hydroxyl groups is 1. The molecule has 372 valence electrons. The lowest BCUT2D eigenvalue weighted by Gasteiger charge is -2.60. The van der Waals surface area contributed by atoms with Crippen molar-refractivity contribution in [3.63, 3.8) is 0 Å². The number of aromatic hydroxyl groups is 1. The van der Waals surface area contributed by atoms with E-state index in [-0.39, 0.29) is 47.8 Å². The van der Waals surface area contributed by atoms with Crippen molar-refractivity contribution in [3.05, 3.63) is 95.1 Å². The van der Waals surface area contributed by atoms with Gasteiger partial charge in [-0.3, -0.25) is 14.4 Å². The molecule has 5 N–H and O–H groups in total. The highest BCUT2D eigenvalue weighted by Crippen LogP contribution is 2.60. The van der Waals surface area contributed by atoms with Gasteiger partial charge in [-0.1, -0.05) is 63.2 Å². The molecule has 2 saturated carbocycles. The number of aryl methyl sites for hydroxylation is 1. The molecule has 6 aromatic rings. The third-order valence-electron chi connectivity index (χ3n) is 16.9. The zero-order valence-electron chi connectivity index (χ0n) is 41.4. The standard InChI is InChI=1S/C56H67N9O5S/c1-33-49(71-32-58-33)36-11-9-34(10-12-36)30-57-53(69)47-24-41(66)31-65(47)54(70)50(55(2,3)4)60-52(68)38-26-56(27-38)28-40(29-56)64-21-17-39(18-22-64)63-19-15-35(16-20-63)37-13-14-45-43(23-37)44-25-46(61-62-51(44)59-45)42-7-5-6-8-48(42)67/h5-14,23,25,32,35,38-41,47,50,66-67H,15-22,24,26-31H2,1-4H3,(H,57,69)(H,59,62)(H,60,68)/t38-,40-,41-,47+,50-,56?/m1/s1. The van der Waals surface area contributed by atoms with Crippen molar-refractivity contribution in [2.75, 3.05) is 32.7 Å². The number of para-hydroxylation sites is 1. The monoisotopic (exact) mass is 977 g/mol. The predicted octanol–water partition coefficient (Wildman–Crippen LogP) is 7.93. The van der Waals surface area contributed by atoms with Gasteiger partial charge in [0.05, 0.1) is 27.9 Å². The van der Waals surface area contributed by atoms with E-state index in [1.807, 2.05) is 81.7 Å². The second-order valence-corrected chi connectivity index (χ2v) is 23.4. The van der Waals surface area contributed by atoms with Gasteiger partial charge in [-0.15, -0.1) is 21.5 Å². The summed E-state index contributed by atoms with van der Waals surface area (Å²) in [4.78, 5) is 57.6. The van der Waals surface area contributed by atoms with E-state index in [2.05, 4.69) is 58.8 Å². The van der Waals surface area contributed by atoms with E-state index >= 15 is 0 Å². The highest BCUT2D eigenvalue weighted by atomic mass is 32.1. The number of thiazole rings is 1. The Balaban J connectivity index is 0.628. The molecule has 71 heavy (non-hydrogen) atoms. The molecule has 2 aliphatic carbocycles. The first-order valence-electron chi connectivity index (χ1n) is 25.8. The van der Waals surface area contributed by atoms with Crippen LogP contribution in [0.3, 0.4) is 0 Å². The van der Waals surface area contributed by atoms with Crippen molar-refractivity contribution >= 4 is 51.0 Å². The van der Waals surface area contributed by atoms with E-state index in [1.54, 1.807) is 17.4 Å². The summed E-state index contributed by atoms with van der Waals surface area (Å²) in [6, 6.07) is 23.6. The van der Waals surface area contributed by atoms with Crippen LogP contribution >= 0.6 is 11.3 Å². The first-order chi connectivity index (χ1) is 34.2. The van der Waals surface area contributed by atoms with Gasteiger partial charge in [-0.25, -0.2) is 4.98 Å². The fraction of sp³-hybridized carbons (Fsp3) is 0.500. The van der Waals surface area contributed by atoms with Crippen LogP contribution in [0.25, 0.3) is 43.6 Å². The number of carbonyl (C=O) groups is 3. The number of amides is 3. The van der Waals surface area contributed by atoms with Crippen LogP contribution in [0.2, 0.25) is 0 Å². The molecule has 0 bridgehead atoms. The zero-order valence-corrected chi connectivity index (χ0v) is 42.2. The number of phenols is 1. The highest BCUT2D eigenvalue weighted by molar-refractivity contribution is 7.13. The molecule has 1 spiro atoms. The summed E-state index contributed by atoms with van der Waals surface area (Å²) in [5.41, 5.74) is 8.96. The number of piperidine rings is 2. The van der Waals surface area contributed by atoms with E-state index in [0.717, 1.165) is 108 Å². The lowest BCUT2D eigenvalue weighted by molar-refractivity contribution is -0.150. The van der Waals surface area contributed by atoms with Gasteiger partial charge >= 0.3 is 0 Å². The Morgan fingerprint density at radius 3 is 2.28 bits per heavy atom. The second kappa shape index (κ2) is 19.0. The molecule has 14 nitrogen and oxygen atoms in total. The van der Waals surface area contributed by atoms with Gasteiger partial charge in [0.1, 0.15) is 17.8 Å². The number of fused-ring (bicyclic) bond motifs is 3. The quantitative estimate of drug-likeness (QED) is 0.0856. The van der Waals surface area contributed by atoms with Crippen LogP contribution < -0.4 is 10.6 Å². The summed E-state index contributed by atoms with van der Waals surface area (Å²) in [6.07, 6.45) is 7.99. The topological polar surface area (TPSA) is 180 Å². The Bertz CT molecular complexity index is 2930. The van der Waals surface area contributed by atoms with E-state index in [1.165, 1.54) is 23.3 Å². The van der Waals surface area contributed by atoms with Crippen LogP contribution in [0.5, 0.6) is 5.75 Å². The average molecular weight is 978 g/mol. The van der Waals surface area contributed by atoms with Gasteiger partial charge in [0.15, 0.2) is 5.65 Å². The van der Waals surface area contributed by atoms with Gasteiger partial charge in [0.2, 0.25) is 17.7 Å². The molecule has 3 aliphatic heterocycles. The third-order valence-corrected chi connectivity index (χ3v) is 17.8. The molecular formula is C56H67N9O5S. The number of hydrogen-bond donors (Lipinski definition) is 5. The number of H-pyrrole nitrogens is 1. The lowest BCUT2D eigenvalue weighted by atomic mass is 9.49. The Hall–Kier alpha value is -5.74. The number of likely N-dealkylation sites (tertiary alicyclic amines) is 3. The van der Waals surface area contributed by atoms with Crippen LogP contribution in [-0.2, 0) is 20.9 Å². The minimum absolute atomic E-state index is 0.0541. The number of nitrogens with zero attached hydrogens (tertiary/aromatic N) is 6. The van der Waals surface area contributed by atoms with Crippen LogP contribution in [-0.4, -0.2) is 126 Å². The van der Waals surface area contributed by atoms with E-state index in [4.69, 9.17) is 0 Å². The maximum Gasteiger partial charge on any atom is 0.246 e. The van der Waals surface area contributed by atoms with Crippen molar-refractivity contribution in [2.45, 2.75) is 128 Å². The molecular weight excluding hydrogens is 911 g/mol. The lowest BCUT2D eigenvalue weighted by Crippen LogP contribution is -2.62. The minimum atomic E-state index is -0.826. The predicted molar refractivity (Wildman–Crippen MR) is 276 cm³/mol. The maximum absolute atomic E-state index is 14.3. The number of aromatic nitrogens is 4. The van der Waals surface area contributed by atoms with Crippen molar-refractivity contribution < 1.29 is 24.6 Å². The highest BCUT2D eigenvalue weighted by Gasteiger charge is 2.57. The van der Waals surface area contributed by atoms with Gasteiger partial charge in [0.25, 0.3) is 0 Å². The number of aromatic amines is 1. The molecule has 0 unspecified atom stereocenters. The zero-order chi connectivity index (χ0) is 49.2. The molecule has 3 aromatic heterocycles. The summed E-state index contributed by atoms with van der Waals surface area (Å²) in [5.74, 6) is -0.128. The molecule has 3 atom stereocenters. The Kier molecular flexibility index (Phi) is 12.7. The maximum atomic E-state index is 14.3. The smallest absolute Gasteiger partial charge is 0.246 e. The number of aliphatic hydroxyl groups excluding tert-OH is 1. The normalized spacial score (nSPS) is 25.1. The Labute approximate surface area is 419 Å². The number of nitrogens with one attached hydrogen (secondary N) is 3. The molecule has 0 radical (unpaired) electrons. The molecule has 11 rings (SSSR count). The first kappa shape index (κ1) is 47.6. The second-order valence-electron chi connectivity index (χ2n) is 22.6. The van der Waals surface area contributed by atoms with Crippen LogP contribution in [0, 0.1) is 23.7 Å². The number of rotatable bonds is 11. The average Bonchev–Trinajstić information content (AvgIpc) is 4.07. The summed E-state index contributed by atoms with van der Waals surface area (Å²) >= 11 is 1.60. The van der Waals surface area contributed by atoms with Gasteiger partial charge in [-0.05, 0) is 148 Å². The van der Waals surface area contributed by atoms with Crippen molar-refractivity contribution in [1.82, 2.24) is 45.5 Å². The van der Waals surface area contributed by atoms with Gasteiger partial charge in [-0.2, -0.15) is 0 Å². The van der Waals surface area contributed by atoms with Crippen molar-refractivity contribution in [2.24, 2.45) is 16.7 Å². The fourth-order valence-electron chi connectivity index (χ4n) is 12.7. The summed E-state index contributed by atoms with van der Waals surface area (Å²) in [7, 11) is 0. The van der Waals surface area contributed by atoms with E-state index in [9.17, 15) is 24.6 Å². The van der Waals surface area contributed by atoms with E-state index < -0.39 is 23.6 Å². The first-order valence-corrected chi connectivity index (χ1v) is 26.7. The van der Waals surface area contributed by atoms with Gasteiger partial charge < -0.3 is 40.5 Å². The van der Waals surface area contributed by atoms with Crippen LogP contribution in [0.4, 0.5) is 0 Å². The Morgan fingerprint density at radius 2 is 1.58 bits per heavy atom. The number of hydrogen-bond acceptors (Lipinski definition) is 11. The fourth-order valence-corrected chi connectivity index (χ4v) is 13.6. The molecule has 15 heteroatoms. The molecule has 5 aliphatic rings. The van der Waals surface area contributed by atoms with E-state index in [0.29, 0.717) is 35.8 Å². The molecule has 6 heterocycles. The third kappa shape index (κ3) is 9.46. The SMILES string of the molecule is Cc1ncsc1-c1ccc(CNC(=O)[C@@H]2C[C@@H](O)CN2C(=O)[C@@H](NC(=O)[C@H]2CC3(C2)C[C@H](N2CCC(N4CCC(c5ccc6[nH]c7nnc(-c8ccccc8O)cc7c6c5)CC4)CC2)C3)C(C)(C)C)cc1.